The molecule has 4 rings (SSSR count). The number of rotatable bonds is 43. The molecule has 2 aliphatic rings. The van der Waals surface area contributed by atoms with Crippen molar-refractivity contribution in [3.8, 4) is 0 Å². The summed E-state index contributed by atoms with van der Waals surface area (Å²) in [6, 6.07) is 12.3. The molecule has 2 aromatic carbocycles. The largest absolute Gasteiger partial charge is 0.480 e. The Morgan fingerprint density at radius 2 is 1.33 bits per heavy atom. The molecule has 0 aliphatic carbocycles. The van der Waals surface area contributed by atoms with E-state index in [0.29, 0.717) is 64.5 Å². The van der Waals surface area contributed by atoms with Crippen LogP contribution in [0.2, 0.25) is 0 Å². The van der Waals surface area contributed by atoms with Crippen LogP contribution in [0, 0.1) is 41.4 Å². The number of unbranched alkanes of at least 4 members (excludes halogenated alkanes) is 2. The lowest BCUT2D eigenvalue weighted by Gasteiger charge is -2.41. The highest BCUT2D eigenvalue weighted by molar-refractivity contribution is 6.12. The fourth-order valence-electron chi connectivity index (χ4n) is 13.1. The maximum atomic E-state index is 14.9. The number of Topliss-reactive ketones (excluding diaryl/α,β-unsaturated/α-hetero) is 3. The van der Waals surface area contributed by atoms with Crippen molar-refractivity contribution < 1.29 is 67.3 Å². The lowest BCUT2D eigenvalue weighted by molar-refractivity contribution is -0.149. The Balaban J connectivity index is 1.38. The predicted molar refractivity (Wildman–Crippen MR) is 355 cm³/mol. The number of carbonyl (C=O) groups is 11. The van der Waals surface area contributed by atoms with E-state index in [4.69, 9.17) is 15.2 Å². The van der Waals surface area contributed by atoms with Gasteiger partial charge in [0.1, 0.15) is 11.8 Å². The van der Waals surface area contributed by atoms with E-state index in [-0.39, 0.29) is 123 Å². The van der Waals surface area contributed by atoms with Crippen LogP contribution >= 0.6 is 0 Å². The van der Waals surface area contributed by atoms with Gasteiger partial charge in [-0.25, -0.2) is 9.59 Å². The third kappa shape index (κ3) is 24.0. The van der Waals surface area contributed by atoms with Crippen molar-refractivity contribution in [1.29, 1.82) is 0 Å². The van der Waals surface area contributed by atoms with Gasteiger partial charge >= 0.3 is 12.0 Å². The maximum Gasteiger partial charge on any atom is 0.326 e. The molecule has 11 atom stereocenters. The number of ether oxygens (including phenoxy) is 2. The van der Waals surface area contributed by atoms with Crippen LogP contribution in [0.15, 0.2) is 66.7 Å². The molecule has 2 aromatic rings. The number of carboxylic acids is 1. The van der Waals surface area contributed by atoms with Gasteiger partial charge in [0, 0.05) is 104 Å². The smallest absolute Gasteiger partial charge is 0.326 e. The molecule has 0 saturated carbocycles. The molecular weight excluding hydrogens is 1190 g/mol. The number of urea groups is 1. The maximum absolute atomic E-state index is 14.9. The molecule has 93 heavy (non-hydrogen) atoms. The summed E-state index contributed by atoms with van der Waals surface area (Å²) >= 11 is 0. The Hall–Kier alpha value is -7.17. The molecule has 22 nitrogen and oxygen atoms in total. The first-order chi connectivity index (χ1) is 44.0. The van der Waals surface area contributed by atoms with E-state index in [9.17, 15) is 57.8 Å². The number of amides is 8. The van der Waals surface area contributed by atoms with Gasteiger partial charge in [-0.3, -0.25) is 53.0 Å². The first-order valence-electron chi connectivity index (χ1n) is 33.5. The first-order valence-corrected chi connectivity index (χ1v) is 33.5. The van der Waals surface area contributed by atoms with Crippen LogP contribution in [0.25, 0.3) is 0 Å². The summed E-state index contributed by atoms with van der Waals surface area (Å²) in [6.45, 7) is 18.6. The van der Waals surface area contributed by atoms with E-state index in [0.717, 1.165) is 16.7 Å². The van der Waals surface area contributed by atoms with Crippen molar-refractivity contribution in [2.45, 2.75) is 201 Å². The van der Waals surface area contributed by atoms with Crippen LogP contribution in [0.5, 0.6) is 0 Å². The number of imide groups is 1. The number of primary amides is 1. The number of ketones is 3. The molecule has 1 saturated heterocycles. The number of nitrogens with zero attached hydrogens (tertiary/aromatic N) is 4. The molecule has 1 fully saturated rings. The Labute approximate surface area is 551 Å². The van der Waals surface area contributed by atoms with Gasteiger partial charge in [-0.1, -0.05) is 130 Å². The van der Waals surface area contributed by atoms with Crippen LogP contribution < -0.4 is 21.7 Å². The second-order valence-corrected chi connectivity index (χ2v) is 26.6. The third-order valence-corrected chi connectivity index (χ3v) is 18.8. The molecule has 2 heterocycles. The van der Waals surface area contributed by atoms with Crippen LogP contribution in [0.4, 0.5) is 4.79 Å². The molecule has 6 N–H and O–H groups in total. The lowest BCUT2D eigenvalue weighted by atomic mass is 9.83. The van der Waals surface area contributed by atoms with Gasteiger partial charge in [0.15, 0.2) is 11.6 Å². The van der Waals surface area contributed by atoms with Gasteiger partial charge in [-0.15, -0.1) is 0 Å². The molecule has 0 bridgehead atoms. The van der Waals surface area contributed by atoms with E-state index in [2.05, 4.69) is 16.0 Å². The summed E-state index contributed by atoms with van der Waals surface area (Å²) in [5, 5.41) is 18.2. The average Bonchev–Trinajstić information content (AvgIpc) is 1.83. The fraction of sp³-hybridized carbons (Fsp3) is 0.648. The first kappa shape index (κ1) is 78.3. The van der Waals surface area contributed by atoms with Gasteiger partial charge in [0.25, 0.3) is 11.8 Å². The summed E-state index contributed by atoms with van der Waals surface area (Å²) in [4.78, 5) is 153. The number of nitrogens with one attached hydrogen (secondary N) is 3. The Bertz CT molecular complexity index is 2830. The molecule has 8 amide bonds. The number of carbonyl (C=O) groups excluding carboxylic acids is 10. The number of benzene rings is 2. The molecule has 516 valence electrons. The van der Waals surface area contributed by atoms with Gasteiger partial charge < -0.3 is 46.1 Å². The summed E-state index contributed by atoms with van der Waals surface area (Å²) < 4.78 is 12.1. The van der Waals surface area contributed by atoms with Crippen molar-refractivity contribution >= 4 is 64.8 Å². The monoisotopic (exact) mass is 1300 g/mol. The topological polar surface area (TPSA) is 302 Å². The zero-order valence-electron chi connectivity index (χ0n) is 57.5. The number of nitrogens with two attached hydrogens (primary N) is 1. The number of carboxylic acid groups (broad SMARTS) is 1. The molecule has 0 aromatic heterocycles. The van der Waals surface area contributed by atoms with Gasteiger partial charge in [-0.05, 0) is 92.4 Å². The van der Waals surface area contributed by atoms with Crippen LogP contribution in [0.3, 0.4) is 0 Å². The zero-order valence-corrected chi connectivity index (χ0v) is 57.5. The summed E-state index contributed by atoms with van der Waals surface area (Å²) in [6.07, 6.45) is 6.02. The Kier molecular flexibility index (Phi) is 32.7. The minimum absolute atomic E-state index is 0.00625. The minimum Gasteiger partial charge on any atom is -0.480 e. The van der Waals surface area contributed by atoms with Crippen LogP contribution in [-0.4, -0.2) is 186 Å². The highest BCUT2D eigenvalue weighted by Gasteiger charge is 2.44. The van der Waals surface area contributed by atoms with Gasteiger partial charge in [-0.2, -0.15) is 0 Å². The standard InChI is InChI=1S/C71H108N8O14/c1-14-47(8)65(60(92-12)43-63(85)78-37-22-27-57(78)66(93-13)48(9)67(86)75-56(70(89)90)39-50-23-17-15-18-24-50)77(11)69(88)54(45(4)5)42-59(82)64(46(6)7)76(10)38-34-49-28-30-51(31-29-49)40-58(81)55(26-21-35-73-71(72)91)74-68(87)53(44(2)3)41-52(80)25-19-16-20-36-79-61(83)32-33-62(79)84/h15,17-18,23-24,28-33,44-48,53-57,60,64-66H,14,16,19-22,25-27,34-43H2,1-13H3,(H,74,87)(H,75,86)(H,89,90)(H3,72,73,91)/t47-,48+,53-,54-,55-,56-,57-,60+,64-,65-,66+/m0/s1. The highest BCUT2D eigenvalue weighted by Crippen LogP contribution is 2.32. The molecule has 0 spiro atoms. The summed E-state index contributed by atoms with van der Waals surface area (Å²) in [5.41, 5.74) is 7.73. The van der Waals surface area contributed by atoms with E-state index >= 15 is 0 Å². The average molecular weight is 1300 g/mol. The van der Waals surface area contributed by atoms with Gasteiger partial charge in [0.2, 0.25) is 23.6 Å². The number of aliphatic carboxylic acids is 1. The minimum atomic E-state index is -1.17. The second-order valence-electron chi connectivity index (χ2n) is 26.6. The van der Waals surface area contributed by atoms with Gasteiger partial charge in [0.05, 0.1) is 48.7 Å². The Morgan fingerprint density at radius 3 is 1.90 bits per heavy atom. The summed E-state index contributed by atoms with van der Waals surface area (Å²) in [5.74, 6) is -6.45. The second kappa shape index (κ2) is 38.9. The molecule has 2 aliphatic heterocycles. The van der Waals surface area contributed by atoms with E-state index in [1.807, 2.05) is 97.7 Å². The molecule has 22 heteroatoms. The van der Waals surface area contributed by atoms with E-state index in [1.54, 1.807) is 48.0 Å². The third-order valence-electron chi connectivity index (χ3n) is 18.8. The quantitative estimate of drug-likeness (QED) is 0.0333. The Morgan fingerprint density at radius 1 is 0.710 bits per heavy atom. The van der Waals surface area contributed by atoms with E-state index in [1.165, 1.54) is 31.3 Å². The number of likely N-dealkylation sites (N-methyl/N-ethyl adjacent to an activating group) is 2. The lowest BCUT2D eigenvalue weighted by Crippen LogP contribution is -2.55. The number of methoxy groups -OCH3 is 2. The molecular formula is C71H108N8O14. The normalized spacial score (nSPS) is 17.4. The van der Waals surface area contributed by atoms with Crippen molar-refractivity contribution in [2.75, 3.05) is 54.5 Å². The number of hydrogen-bond acceptors (Lipinski definition) is 14. The summed E-state index contributed by atoms with van der Waals surface area (Å²) in [7, 11) is 6.64. The molecule has 0 unspecified atom stereocenters. The van der Waals surface area contributed by atoms with Crippen molar-refractivity contribution in [3.05, 3.63) is 83.4 Å². The number of likely N-dealkylation sites (tertiary alicyclic amines) is 1. The van der Waals surface area contributed by atoms with Crippen LogP contribution in [-0.2, 0) is 76.7 Å². The zero-order chi connectivity index (χ0) is 69.2. The van der Waals surface area contributed by atoms with Crippen molar-refractivity contribution in [1.82, 2.24) is 35.6 Å². The molecule has 0 radical (unpaired) electrons. The van der Waals surface area contributed by atoms with Crippen LogP contribution in [0.1, 0.15) is 156 Å². The number of hydrogen-bond donors (Lipinski definition) is 5. The van der Waals surface area contributed by atoms with Crippen molar-refractivity contribution in [2.24, 2.45) is 47.2 Å². The highest BCUT2D eigenvalue weighted by atomic mass is 16.5. The van der Waals surface area contributed by atoms with E-state index < -0.39 is 84.0 Å². The SMILES string of the molecule is CC[C@H](C)[C@@H]([C@@H](CC(=O)N1CCC[C@H]1[C@H](OC)[C@@H](C)C(=O)N[C@@H](Cc1ccccc1)C(=O)O)OC)N(C)C(=O)[C@@H](CC(=O)[C@H](C(C)C)N(C)CCc1ccc(CC(=O)[C@H](CCCNC(N)=O)NC(=O)[C@@H](CC(=O)CCCCCN2C(=O)C=CC2=O)C(C)C)cc1)C(C)C. The fourth-order valence-corrected chi connectivity index (χ4v) is 13.1. The predicted octanol–water partition coefficient (Wildman–Crippen LogP) is 6.91. The van der Waals surface area contributed by atoms with Crippen molar-refractivity contribution in [3.63, 3.8) is 0 Å².